The maximum atomic E-state index is 12.0. The summed E-state index contributed by atoms with van der Waals surface area (Å²) in [5.41, 5.74) is 0.552. The maximum absolute atomic E-state index is 12.0. The van der Waals surface area contributed by atoms with E-state index < -0.39 is 0 Å². The van der Waals surface area contributed by atoms with Gasteiger partial charge in [0.2, 0.25) is 11.5 Å². The van der Waals surface area contributed by atoms with Crippen LogP contribution in [-0.2, 0) is 11.3 Å². The zero-order chi connectivity index (χ0) is 14.1. The average molecular weight is 309 g/mol. The Labute approximate surface area is 124 Å². The second-order valence-electron chi connectivity index (χ2n) is 4.85. The summed E-state index contributed by atoms with van der Waals surface area (Å²) in [6, 6.07) is 8.75. The zero-order valence-electron chi connectivity index (χ0n) is 10.6. The van der Waals surface area contributed by atoms with Gasteiger partial charge in [0.05, 0.1) is 10.9 Å². The molecule has 20 heavy (non-hydrogen) atoms. The summed E-state index contributed by atoms with van der Waals surface area (Å²) >= 11 is 7.43. The van der Waals surface area contributed by atoms with Crippen molar-refractivity contribution in [3.05, 3.63) is 55.6 Å². The Hall–Kier alpha value is -1.59. The normalized spacial score (nSPS) is 20.6. The molecule has 1 aliphatic carbocycles. The zero-order valence-corrected chi connectivity index (χ0v) is 12.1. The number of pyridine rings is 1. The molecule has 2 heterocycles. The van der Waals surface area contributed by atoms with E-state index in [1.165, 1.54) is 22.3 Å². The SMILES string of the molecule is O=C(NCc1cccc(=O)[nH]1)[C@@H]1C[C@H]1c1ccc(Cl)s1. The molecule has 1 aliphatic rings. The highest BCUT2D eigenvalue weighted by molar-refractivity contribution is 7.16. The second-order valence-corrected chi connectivity index (χ2v) is 6.60. The Kier molecular flexibility index (Phi) is 3.63. The molecule has 1 fully saturated rings. The summed E-state index contributed by atoms with van der Waals surface area (Å²) in [6.45, 7) is 0.351. The number of carbonyl (C=O) groups excluding carboxylic acids is 1. The van der Waals surface area contributed by atoms with Gasteiger partial charge in [0.25, 0.3) is 0 Å². The molecule has 0 unspecified atom stereocenters. The highest BCUT2D eigenvalue weighted by Crippen LogP contribution is 2.50. The predicted octanol–water partition coefficient (Wildman–Crippen LogP) is 2.51. The van der Waals surface area contributed by atoms with E-state index in [1.54, 1.807) is 12.1 Å². The van der Waals surface area contributed by atoms with Crippen LogP contribution in [0.1, 0.15) is 22.9 Å². The van der Waals surface area contributed by atoms with Crippen LogP contribution in [0.25, 0.3) is 0 Å². The van der Waals surface area contributed by atoms with Gasteiger partial charge in [0.1, 0.15) is 0 Å². The fourth-order valence-electron chi connectivity index (χ4n) is 2.24. The highest BCUT2D eigenvalue weighted by atomic mass is 35.5. The summed E-state index contributed by atoms with van der Waals surface area (Å²) in [6.07, 6.45) is 0.869. The Balaban J connectivity index is 1.55. The molecule has 0 aliphatic heterocycles. The quantitative estimate of drug-likeness (QED) is 0.911. The maximum Gasteiger partial charge on any atom is 0.248 e. The Bertz CT molecular complexity index is 694. The van der Waals surface area contributed by atoms with Crippen LogP contribution in [0.5, 0.6) is 0 Å². The average Bonchev–Trinajstić information content (AvgIpc) is 3.12. The number of hydrogen-bond donors (Lipinski definition) is 2. The lowest BCUT2D eigenvalue weighted by Gasteiger charge is -2.04. The predicted molar refractivity (Wildman–Crippen MR) is 79.1 cm³/mol. The van der Waals surface area contributed by atoms with Crippen molar-refractivity contribution in [1.82, 2.24) is 10.3 Å². The van der Waals surface area contributed by atoms with Gasteiger partial charge in [0.15, 0.2) is 0 Å². The van der Waals surface area contributed by atoms with Crippen LogP contribution in [0.4, 0.5) is 0 Å². The first-order valence-electron chi connectivity index (χ1n) is 6.34. The molecular weight excluding hydrogens is 296 g/mol. The van der Waals surface area contributed by atoms with Gasteiger partial charge in [0, 0.05) is 28.5 Å². The van der Waals surface area contributed by atoms with Crippen molar-refractivity contribution < 1.29 is 4.79 Å². The van der Waals surface area contributed by atoms with E-state index in [1.807, 2.05) is 12.1 Å². The van der Waals surface area contributed by atoms with Gasteiger partial charge in [-0.15, -0.1) is 11.3 Å². The standard InChI is InChI=1S/C14H13ClN2O2S/c15-12-5-4-11(20-12)9-6-10(9)14(19)16-7-8-2-1-3-13(18)17-8/h1-5,9-10H,6-7H2,(H,16,19)(H,17,18)/t9-,10-/m1/s1. The van der Waals surface area contributed by atoms with Crippen LogP contribution >= 0.6 is 22.9 Å². The smallest absolute Gasteiger partial charge is 0.248 e. The molecule has 0 saturated heterocycles. The van der Waals surface area contributed by atoms with Crippen LogP contribution in [0.2, 0.25) is 4.34 Å². The van der Waals surface area contributed by atoms with Crippen molar-refractivity contribution in [2.24, 2.45) is 5.92 Å². The molecule has 4 nitrogen and oxygen atoms in total. The second kappa shape index (κ2) is 5.42. The van der Waals surface area contributed by atoms with Gasteiger partial charge >= 0.3 is 0 Å². The van der Waals surface area contributed by atoms with Crippen molar-refractivity contribution >= 4 is 28.8 Å². The van der Waals surface area contributed by atoms with E-state index in [4.69, 9.17) is 11.6 Å². The van der Waals surface area contributed by atoms with Crippen molar-refractivity contribution in [1.29, 1.82) is 0 Å². The molecule has 0 radical (unpaired) electrons. The molecule has 2 aromatic rings. The van der Waals surface area contributed by atoms with Crippen molar-refractivity contribution in [2.45, 2.75) is 18.9 Å². The van der Waals surface area contributed by atoms with Crippen molar-refractivity contribution in [3.63, 3.8) is 0 Å². The number of nitrogens with one attached hydrogen (secondary N) is 2. The molecule has 6 heteroatoms. The fourth-order valence-corrected chi connectivity index (χ4v) is 3.48. The largest absolute Gasteiger partial charge is 0.350 e. The molecule has 0 spiro atoms. The third kappa shape index (κ3) is 2.94. The van der Waals surface area contributed by atoms with E-state index in [0.717, 1.165) is 10.8 Å². The van der Waals surface area contributed by atoms with Gasteiger partial charge in [-0.25, -0.2) is 0 Å². The molecule has 1 saturated carbocycles. The number of aromatic amines is 1. The van der Waals surface area contributed by atoms with Crippen molar-refractivity contribution in [3.8, 4) is 0 Å². The number of halogens is 1. The minimum atomic E-state index is -0.158. The van der Waals surface area contributed by atoms with Crippen LogP contribution in [0.15, 0.2) is 35.1 Å². The molecule has 1 amide bonds. The van der Waals surface area contributed by atoms with Crippen LogP contribution in [-0.4, -0.2) is 10.9 Å². The summed E-state index contributed by atoms with van der Waals surface area (Å²) in [4.78, 5) is 27.0. The van der Waals surface area contributed by atoms with E-state index in [-0.39, 0.29) is 17.4 Å². The Morgan fingerprint density at radius 2 is 2.25 bits per heavy atom. The summed E-state index contributed by atoms with van der Waals surface area (Å²) in [7, 11) is 0. The molecular formula is C14H13ClN2O2S. The number of rotatable bonds is 4. The first-order chi connectivity index (χ1) is 9.63. The number of carbonyl (C=O) groups is 1. The molecule has 104 valence electrons. The van der Waals surface area contributed by atoms with Gasteiger partial charge in [-0.05, 0) is 24.6 Å². The van der Waals surface area contributed by atoms with E-state index >= 15 is 0 Å². The molecule has 0 bridgehead atoms. The molecule has 2 N–H and O–H groups in total. The summed E-state index contributed by atoms with van der Waals surface area (Å²) in [5, 5.41) is 2.86. The molecule has 2 aromatic heterocycles. The minimum absolute atomic E-state index is 0.0279. The molecule has 0 aromatic carbocycles. The summed E-state index contributed by atoms with van der Waals surface area (Å²) < 4.78 is 0.757. The van der Waals surface area contributed by atoms with Crippen LogP contribution in [0.3, 0.4) is 0 Å². The van der Waals surface area contributed by atoms with Crippen molar-refractivity contribution in [2.75, 3.05) is 0 Å². The minimum Gasteiger partial charge on any atom is -0.350 e. The lowest BCUT2D eigenvalue weighted by atomic mass is 10.2. The van der Waals surface area contributed by atoms with Gasteiger partial charge < -0.3 is 10.3 Å². The highest BCUT2D eigenvalue weighted by Gasteiger charge is 2.44. The topological polar surface area (TPSA) is 62.0 Å². The van der Waals surface area contributed by atoms with Gasteiger partial charge in [-0.3, -0.25) is 9.59 Å². The van der Waals surface area contributed by atoms with Gasteiger partial charge in [-0.1, -0.05) is 17.7 Å². The Morgan fingerprint density at radius 1 is 1.40 bits per heavy atom. The van der Waals surface area contributed by atoms with E-state index in [9.17, 15) is 9.59 Å². The fraction of sp³-hybridized carbons (Fsp3) is 0.286. The van der Waals surface area contributed by atoms with E-state index in [0.29, 0.717) is 18.2 Å². The molecule has 3 rings (SSSR count). The van der Waals surface area contributed by atoms with Crippen LogP contribution < -0.4 is 10.9 Å². The van der Waals surface area contributed by atoms with Gasteiger partial charge in [-0.2, -0.15) is 0 Å². The summed E-state index contributed by atoms with van der Waals surface area (Å²) in [5.74, 6) is 0.353. The number of H-pyrrole nitrogens is 1. The Morgan fingerprint density at radius 3 is 2.95 bits per heavy atom. The third-order valence-corrected chi connectivity index (χ3v) is 4.73. The lowest BCUT2D eigenvalue weighted by Crippen LogP contribution is -2.26. The van der Waals surface area contributed by atoms with E-state index in [2.05, 4.69) is 10.3 Å². The molecule has 2 atom stereocenters. The number of aromatic nitrogens is 1. The lowest BCUT2D eigenvalue weighted by molar-refractivity contribution is -0.122. The number of hydrogen-bond acceptors (Lipinski definition) is 3. The number of amides is 1. The monoisotopic (exact) mass is 308 g/mol. The first-order valence-corrected chi connectivity index (χ1v) is 7.54. The first kappa shape index (κ1) is 13.4. The third-order valence-electron chi connectivity index (χ3n) is 3.37. The number of thiophene rings is 1. The van der Waals surface area contributed by atoms with Crippen LogP contribution in [0, 0.1) is 5.92 Å².